The molecule has 2 aromatic rings. The smallest absolute Gasteiger partial charge is 0.115 e. The zero-order valence-electron chi connectivity index (χ0n) is 10.8. The second-order valence-corrected chi connectivity index (χ2v) is 4.90. The van der Waals surface area contributed by atoms with Gasteiger partial charge in [0.25, 0.3) is 0 Å². The van der Waals surface area contributed by atoms with Crippen LogP contribution in [0.25, 0.3) is 0 Å². The first-order chi connectivity index (χ1) is 9.65. The molecule has 0 bridgehead atoms. The fourth-order valence-corrected chi connectivity index (χ4v) is 2.68. The van der Waals surface area contributed by atoms with E-state index >= 15 is 0 Å². The summed E-state index contributed by atoms with van der Waals surface area (Å²) in [4.78, 5) is 0. The molecule has 1 aliphatic heterocycles. The molecule has 104 valence electrons. The Bertz CT molecular complexity index is 628. The molecule has 1 atom stereocenters. The molecule has 0 amide bonds. The van der Waals surface area contributed by atoms with Crippen LogP contribution in [0.1, 0.15) is 22.7 Å². The van der Waals surface area contributed by atoms with E-state index in [9.17, 15) is 5.11 Å². The van der Waals surface area contributed by atoms with Crippen molar-refractivity contribution in [2.75, 3.05) is 11.8 Å². The minimum absolute atomic E-state index is 0.0146. The molecular weight excluding hydrogens is 256 g/mol. The van der Waals surface area contributed by atoms with Gasteiger partial charge in [-0.2, -0.15) is 0 Å². The number of nitrogens with one attached hydrogen (secondary N) is 1. The number of fused-ring (bicyclic) bond motifs is 1. The summed E-state index contributed by atoms with van der Waals surface area (Å²) in [7, 11) is 0. The van der Waals surface area contributed by atoms with Crippen LogP contribution in [0, 0.1) is 0 Å². The second kappa shape index (κ2) is 5.13. The first-order valence-corrected chi connectivity index (χ1v) is 6.48. The lowest BCUT2D eigenvalue weighted by Gasteiger charge is -2.28. The molecule has 0 spiro atoms. The summed E-state index contributed by atoms with van der Waals surface area (Å²) in [6.07, 6.45) is 0.867. The first kappa shape index (κ1) is 12.9. The van der Waals surface area contributed by atoms with Crippen molar-refractivity contribution in [1.29, 1.82) is 0 Å². The normalized spacial score (nSPS) is 17.6. The molecule has 5 heteroatoms. The van der Waals surface area contributed by atoms with Crippen molar-refractivity contribution in [2.45, 2.75) is 12.5 Å². The van der Waals surface area contributed by atoms with Gasteiger partial charge < -0.3 is 10.4 Å². The number of anilines is 1. The maximum absolute atomic E-state index is 9.57. The first-order valence-electron chi connectivity index (χ1n) is 6.48. The Labute approximate surface area is 116 Å². The Morgan fingerprint density at radius 1 is 1.10 bits per heavy atom. The van der Waals surface area contributed by atoms with Crippen LogP contribution in [0.5, 0.6) is 5.75 Å². The predicted molar refractivity (Wildman–Crippen MR) is 74.2 cm³/mol. The maximum Gasteiger partial charge on any atom is 0.115 e. The summed E-state index contributed by atoms with van der Waals surface area (Å²) in [5.74, 6) is 0.273. The summed E-state index contributed by atoms with van der Waals surface area (Å²) < 4.78 is 0. The predicted octanol–water partition coefficient (Wildman–Crippen LogP) is 2.21. The molecule has 0 saturated carbocycles. The van der Waals surface area contributed by atoms with E-state index in [-0.39, 0.29) is 17.0 Å². The fourth-order valence-electron chi connectivity index (χ4n) is 2.68. The number of hydrogen-bond donors (Lipinski definition) is 4. The number of rotatable bonds is 2. The fraction of sp³-hybridized carbons (Fsp3) is 0.200. The van der Waals surface area contributed by atoms with Crippen LogP contribution in [-0.4, -0.2) is 22.1 Å². The standard InChI is InChI=1S/C15H16N2O3/c18-13-4-5-14-10(9-13)6-7-16-15(14)11-2-1-3-12(8-11)17(19)20/h1-5,8-9,15-16,18-20H,6-7H2. The average molecular weight is 272 g/mol. The van der Waals surface area contributed by atoms with E-state index < -0.39 is 0 Å². The molecule has 0 saturated heterocycles. The highest BCUT2D eigenvalue weighted by molar-refractivity contribution is 5.49. The van der Waals surface area contributed by atoms with E-state index in [4.69, 9.17) is 10.4 Å². The highest BCUT2D eigenvalue weighted by Gasteiger charge is 2.22. The van der Waals surface area contributed by atoms with Crippen LogP contribution >= 0.6 is 0 Å². The lowest BCUT2D eigenvalue weighted by Crippen LogP contribution is -2.30. The molecule has 4 N–H and O–H groups in total. The van der Waals surface area contributed by atoms with Crippen molar-refractivity contribution >= 4 is 5.69 Å². The molecule has 1 heterocycles. The van der Waals surface area contributed by atoms with Gasteiger partial charge in [0.15, 0.2) is 0 Å². The summed E-state index contributed by atoms with van der Waals surface area (Å²) in [5.41, 5.74) is 3.48. The van der Waals surface area contributed by atoms with Crippen LogP contribution in [0.15, 0.2) is 42.5 Å². The van der Waals surface area contributed by atoms with Gasteiger partial charge in [0.2, 0.25) is 0 Å². The molecule has 3 rings (SSSR count). The summed E-state index contributed by atoms with van der Waals surface area (Å²) in [5, 5.41) is 31.3. The number of phenols is 1. The van der Waals surface area contributed by atoms with E-state index in [1.165, 1.54) is 0 Å². The van der Waals surface area contributed by atoms with E-state index in [1.807, 2.05) is 12.1 Å². The van der Waals surface area contributed by atoms with Gasteiger partial charge in [0, 0.05) is 6.54 Å². The molecule has 0 aliphatic carbocycles. The Morgan fingerprint density at radius 2 is 1.95 bits per heavy atom. The van der Waals surface area contributed by atoms with Gasteiger partial charge in [0.1, 0.15) is 5.75 Å². The third-order valence-corrected chi connectivity index (χ3v) is 3.61. The van der Waals surface area contributed by atoms with Crippen LogP contribution in [0.2, 0.25) is 0 Å². The van der Waals surface area contributed by atoms with Gasteiger partial charge >= 0.3 is 0 Å². The van der Waals surface area contributed by atoms with Gasteiger partial charge in [-0.05, 0) is 47.4 Å². The lowest BCUT2D eigenvalue weighted by atomic mass is 9.89. The average Bonchev–Trinajstić information content (AvgIpc) is 2.46. The Hall–Kier alpha value is -2.08. The molecule has 5 nitrogen and oxygen atoms in total. The number of phenolic OH excluding ortho intramolecular Hbond substituents is 1. The molecule has 20 heavy (non-hydrogen) atoms. The lowest BCUT2D eigenvalue weighted by molar-refractivity contribution is 0.0291. The van der Waals surface area contributed by atoms with Gasteiger partial charge in [-0.3, -0.25) is 10.4 Å². The monoisotopic (exact) mass is 272 g/mol. The van der Waals surface area contributed by atoms with E-state index in [1.54, 1.807) is 30.3 Å². The third-order valence-electron chi connectivity index (χ3n) is 3.61. The highest BCUT2D eigenvalue weighted by Crippen LogP contribution is 2.32. The van der Waals surface area contributed by atoms with Gasteiger partial charge in [-0.1, -0.05) is 18.2 Å². The van der Waals surface area contributed by atoms with Gasteiger partial charge in [0.05, 0.1) is 11.7 Å². The maximum atomic E-state index is 9.57. The molecule has 0 radical (unpaired) electrons. The SMILES string of the molecule is Oc1ccc2c(c1)CCNC2c1cccc(N(O)O)c1. The molecule has 1 aliphatic rings. The van der Waals surface area contributed by atoms with Crippen molar-refractivity contribution in [3.63, 3.8) is 0 Å². The number of nitrogens with zero attached hydrogens (tertiary/aromatic N) is 1. The van der Waals surface area contributed by atoms with Crippen LogP contribution in [-0.2, 0) is 6.42 Å². The van der Waals surface area contributed by atoms with Gasteiger partial charge in [-0.25, -0.2) is 0 Å². The minimum Gasteiger partial charge on any atom is -0.508 e. The van der Waals surface area contributed by atoms with Crippen LogP contribution in [0.4, 0.5) is 5.69 Å². The molecule has 2 aromatic carbocycles. The van der Waals surface area contributed by atoms with E-state index in [0.29, 0.717) is 5.69 Å². The van der Waals surface area contributed by atoms with Crippen molar-refractivity contribution in [2.24, 2.45) is 0 Å². The van der Waals surface area contributed by atoms with E-state index in [2.05, 4.69) is 5.32 Å². The van der Waals surface area contributed by atoms with Crippen molar-refractivity contribution in [3.05, 3.63) is 59.2 Å². The minimum atomic E-state index is -0.0146. The third kappa shape index (κ3) is 2.34. The van der Waals surface area contributed by atoms with Gasteiger partial charge in [-0.15, -0.1) is 5.23 Å². The molecule has 0 aromatic heterocycles. The van der Waals surface area contributed by atoms with Crippen LogP contribution in [0.3, 0.4) is 0 Å². The Morgan fingerprint density at radius 3 is 2.75 bits per heavy atom. The molecular formula is C15H16N2O3. The molecule has 0 fully saturated rings. The van der Waals surface area contributed by atoms with Crippen molar-refractivity contribution in [1.82, 2.24) is 5.32 Å². The van der Waals surface area contributed by atoms with Crippen molar-refractivity contribution in [3.8, 4) is 5.75 Å². The zero-order valence-corrected chi connectivity index (χ0v) is 10.8. The van der Waals surface area contributed by atoms with Crippen molar-refractivity contribution < 1.29 is 15.5 Å². The number of hydrogen-bond acceptors (Lipinski definition) is 5. The Kier molecular flexibility index (Phi) is 3.31. The second-order valence-electron chi connectivity index (χ2n) is 4.90. The zero-order chi connectivity index (χ0) is 14.1. The topological polar surface area (TPSA) is 76.0 Å². The van der Waals surface area contributed by atoms with E-state index in [0.717, 1.165) is 29.7 Å². The number of benzene rings is 2. The highest BCUT2D eigenvalue weighted by atomic mass is 16.8. The summed E-state index contributed by atoms with van der Waals surface area (Å²) >= 11 is 0. The number of aromatic hydroxyl groups is 1. The largest absolute Gasteiger partial charge is 0.508 e. The summed E-state index contributed by atoms with van der Waals surface area (Å²) in [6.45, 7) is 0.813. The summed E-state index contributed by atoms with van der Waals surface area (Å²) in [6, 6.07) is 12.4. The quantitative estimate of drug-likeness (QED) is 0.631. The Balaban J connectivity index is 2.02. The molecule has 1 unspecified atom stereocenters. The van der Waals surface area contributed by atoms with Crippen LogP contribution < -0.4 is 10.5 Å².